The lowest BCUT2D eigenvalue weighted by Gasteiger charge is -2.30. The van der Waals surface area contributed by atoms with Gasteiger partial charge in [-0.2, -0.15) is 8.78 Å². The summed E-state index contributed by atoms with van der Waals surface area (Å²) in [6.07, 6.45) is 6.05. The van der Waals surface area contributed by atoms with Gasteiger partial charge in [0.2, 0.25) is 0 Å². The number of carbonyl (C=O) groups excluding carboxylic acids is 1. The summed E-state index contributed by atoms with van der Waals surface area (Å²) >= 11 is 0. The van der Waals surface area contributed by atoms with Crippen LogP contribution < -0.4 is 9.47 Å². The Morgan fingerprint density at radius 3 is 2.45 bits per heavy atom. The van der Waals surface area contributed by atoms with Gasteiger partial charge >= 0.3 is 12.6 Å². The molecule has 5 rings (SSSR count). The van der Waals surface area contributed by atoms with E-state index in [-0.39, 0.29) is 23.1 Å². The van der Waals surface area contributed by atoms with Crippen molar-refractivity contribution in [1.82, 2.24) is 0 Å². The first-order chi connectivity index (χ1) is 19.2. The van der Waals surface area contributed by atoms with Crippen LogP contribution in [-0.2, 0) is 16.1 Å². The van der Waals surface area contributed by atoms with Crippen molar-refractivity contribution in [1.29, 1.82) is 0 Å². The fraction of sp³-hybridized carbons (Fsp3) is 0.441. The fourth-order valence-corrected chi connectivity index (χ4v) is 6.32. The lowest BCUT2D eigenvalue weighted by molar-refractivity contribution is -0.141. The molecule has 0 aromatic heterocycles. The highest BCUT2D eigenvalue weighted by Gasteiger charge is 2.37. The molecule has 3 aromatic rings. The van der Waals surface area contributed by atoms with Crippen LogP contribution in [0.5, 0.6) is 11.5 Å². The summed E-state index contributed by atoms with van der Waals surface area (Å²) in [5, 5.41) is 0. The van der Waals surface area contributed by atoms with Crippen LogP contribution in [0.3, 0.4) is 0 Å². The summed E-state index contributed by atoms with van der Waals surface area (Å²) in [5.41, 5.74) is 5.43. The summed E-state index contributed by atoms with van der Waals surface area (Å²) in [6, 6.07) is 21.4. The van der Waals surface area contributed by atoms with E-state index in [9.17, 15) is 13.6 Å². The summed E-state index contributed by atoms with van der Waals surface area (Å²) in [7, 11) is 1.44. The number of methoxy groups -OCH3 is 1. The van der Waals surface area contributed by atoms with Gasteiger partial charge in [-0.3, -0.25) is 4.79 Å². The van der Waals surface area contributed by atoms with Gasteiger partial charge in [0, 0.05) is 0 Å². The summed E-state index contributed by atoms with van der Waals surface area (Å²) < 4.78 is 41.7. The molecule has 0 spiro atoms. The Kier molecular flexibility index (Phi) is 8.43. The number of esters is 1. The minimum absolute atomic E-state index is 0.136. The third-order valence-electron chi connectivity index (χ3n) is 8.62. The molecule has 3 aromatic carbocycles. The second-order valence-electron chi connectivity index (χ2n) is 11.8. The Hall–Kier alpha value is -3.41. The summed E-state index contributed by atoms with van der Waals surface area (Å²) in [6.45, 7) is 2.17. The smallest absolute Gasteiger partial charge is 0.387 e. The Labute approximate surface area is 235 Å². The van der Waals surface area contributed by atoms with Crippen molar-refractivity contribution in [3.63, 3.8) is 0 Å². The first-order valence-electron chi connectivity index (χ1n) is 14.2. The molecule has 2 aliphatic carbocycles. The molecule has 0 radical (unpaired) electrons. The van der Waals surface area contributed by atoms with Gasteiger partial charge in [0.05, 0.1) is 13.5 Å². The van der Waals surface area contributed by atoms with Gasteiger partial charge in [0.1, 0.15) is 18.1 Å². The molecule has 2 unspecified atom stereocenters. The fourth-order valence-electron chi connectivity index (χ4n) is 6.32. The van der Waals surface area contributed by atoms with Crippen LogP contribution in [0.4, 0.5) is 8.78 Å². The molecule has 4 nitrogen and oxygen atoms in total. The average molecular weight is 549 g/mol. The maximum Gasteiger partial charge on any atom is 0.387 e. The first kappa shape index (κ1) is 28.1. The molecular weight excluding hydrogens is 510 g/mol. The monoisotopic (exact) mass is 548 g/mol. The maximum absolute atomic E-state index is 12.9. The number of ether oxygens (including phenoxy) is 3. The van der Waals surface area contributed by atoms with Crippen LogP contribution in [0.1, 0.15) is 80.9 Å². The van der Waals surface area contributed by atoms with E-state index in [0.29, 0.717) is 24.9 Å². The third kappa shape index (κ3) is 6.65. The van der Waals surface area contributed by atoms with Crippen LogP contribution in [0, 0.1) is 11.3 Å². The molecule has 6 heteroatoms. The maximum atomic E-state index is 12.9. The average Bonchev–Trinajstić information content (AvgIpc) is 3.72. The van der Waals surface area contributed by atoms with Gasteiger partial charge in [-0.05, 0) is 101 Å². The van der Waals surface area contributed by atoms with Gasteiger partial charge in [0.15, 0.2) is 0 Å². The van der Waals surface area contributed by atoms with Gasteiger partial charge < -0.3 is 14.2 Å². The second-order valence-corrected chi connectivity index (χ2v) is 11.8. The van der Waals surface area contributed by atoms with E-state index in [1.54, 1.807) is 18.2 Å². The topological polar surface area (TPSA) is 44.8 Å². The van der Waals surface area contributed by atoms with Gasteiger partial charge in [0.25, 0.3) is 0 Å². The van der Waals surface area contributed by atoms with Crippen molar-refractivity contribution in [3.8, 4) is 22.6 Å². The van der Waals surface area contributed by atoms with Gasteiger partial charge in [-0.15, -0.1) is 0 Å². The van der Waals surface area contributed by atoms with Crippen molar-refractivity contribution >= 4 is 5.97 Å². The van der Waals surface area contributed by atoms with E-state index in [1.165, 1.54) is 12.7 Å². The highest BCUT2D eigenvalue weighted by Crippen LogP contribution is 2.51. The minimum Gasteiger partial charge on any atom is -0.489 e. The highest BCUT2D eigenvalue weighted by atomic mass is 19.3. The van der Waals surface area contributed by atoms with E-state index in [1.807, 2.05) is 18.2 Å². The number of rotatable bonds is 11. The van der Waals surface area contributed by atoms with E-state index in [4.69, 9.17) is 9.47 Å². The number of hydrogen-bond donors (Lipinski definition) is 0. The normalized spacial score (nSPS) is 18.9. The molecule has 2 aliphatic rings. The van der Waals surface area contributed by atoms with Crippen molar-refractivity contribution in [2.75, 3.05) is 7.11 Å². The number of alkyl halides is 2. The predicted molar refractivity (Wildman–Crippen MR) is 152 cm³/mol. The molecule has 0 N–H and O–H groups in total. The van der Waals surface area contributed by atoms with Crippen molar-refractivity contribution in [2.45, 2.75) is 77.4 Å². The van der Waals surface area contributed by atoms with Gasteiger partial charge in [-0.1, -0.05) is 62.7 Å². The van der Waals surface area contributed by atoms with Crippen LogP contribution in [0.15, 0.2) is 66.7 Å². The molecule has 0 saturated heterocycles. The highest BCUT2D eigenvalue weighted by molar-refractivity contribution is 5.71. The standard InChI is InChI=1S/C34H38F2O4/c1-34(2)16-6-11-31(34)30-17-22(12-15-28(30)24-7-5-10-27(19-24)40-33(35)36)21-39-26-9-4-8-25(18-26)29(23-13-14-23)20-32(37)38-3/h4-5,7-10,12,15,17-19,23,29,31,33H,6,11,13-14,16,20-21H2,1-3H3. The molecule has 2 fully saturated rings. The predicted octanol–water partition coefficient (Wildman–Crippen LogP) is 8.88. The first-order valence-corrected chi connectivity index (χ1v) is 14.2. The Bertz CT molecular complexity index is 1330. The number of benzene rings is 3. The second kappa shape index (κ2) is 12.0. The van der Waals surface area contributed by atoms with Crippen LogP contribution >= 0.6 is 0 Å². The molecule has 2 atom stereocenters. The molecular formula is C34H38F2O4. The zero-order valence-corrected chi connectivity index (χ0v) is 23.5. The molecule has 212 valence electrons. The minimum atomic E-state index is -2.86. The quantitative estimate of drug-likeness (QED) is 0.225. The summed E-state index contributed by atoms with van der Waals surface area (Å²) in [4.78, 5) is 12.0. The lowest BCUT2D eigenvalue weighted by atomic mass is 9.75. The van der Waals surface area contributed by atoms with Crippen LogP contribution in [0.2, 0.25) is 0 Å². The molecule has 40 heavy (non-hydrogen) atoms. The SMILES string of the molecule is COC(=O)CC(c1cccc(OCc2ccc(-c3cccc(OC(F)F)c3)c(C3CCCC3(C)C)c2)c1)C1CC1. The number of halogens is 2. The molecule has 0 amide bonds. The number of carbonyl (C=O) groups is 1. The largest absolute Gasteiger partial charge is 0.489 e. The summed E-state index contributed by atoms with van der Waals surface area (Å²) in [5.74, 6) is 1.77. The molecule has 0 bridgehead atoms. The zero-order chi connectivity index (χ0) is 28.3. The van der Waals surface area contributed by atoms with E-state index in [2.05, 4.69) is 48.9 Å². The van der Waals surface area contributed by atoms with Gasteiger partial charge in [-0.25, -0.2) is 0 Å². The number of hydrogen-bond acceptors (Lipinski definition) is 4. The Morgan fingerprint density at radius 1 is 0.975 bits per heavy atom. The van der Waals surface area contributed by atoms with Crippen LogP contribution in [0.25, 0.3) is 11.1 Å². The van der Waals surface area contributed by atoms with Crippen molar-refractivity contribution in [2.24, 2.45) is 11.3 Å². The van der Waals surface area contributed by atoms with E-state index in [0.717, 1.165) is 60.1 Å². The van der Waals surface area contributed by atoms with Crippen molar-refractivity contribution < 1.29 is 27.8 Å². The Morgan fingerprint density at radius 2 is 1.75 bits per heavy atom. The van der Waals surface area contributed by atoms with E-state index < -0.39 is 6.61 Å². The molecule has 2 saturated carbocycles. The third-order valence-corrected chi connectivity index (χ3v) is 8.62. The van der Waals surface area contributed by atoms with E-state index >= 15 is 0 Å². The van der Waals surface area contributed by atoms with Crippen molar-refractivity contribution in [3.05, 3.63) is 83.4 Å². The molecule has 0 aliphatic heterocycles. The Balaban J connectivity index is 1.39. The van der Waals surface area contributed by atoms with Crippen LogP contribution in [-0.4, -0.2) is 19.7 Å². The lowest BCUT2D eigenvalue weighted by Crippen LogP contribution is -2.16. The molecule has 0 heterocycles. The zero-order valence-electron chi connectivity index (χ0n) is 23.5.